The summed E-state index contributed by atoms with van der Waals surface area (Å²) in [5, 5.41) is 10.7. The van der Waals surface area contributed by atoms with Gasteiger partial charge in [-0.15, -0.1) is 0 Å². The molecule has 1 heterocycles. The SMILES string of the molecule is O=CNC1(CC(=O)O)CS(=O)(=O)C1. The summed E-state index contributed by atoms with van der Waals surface area (Å²) in [5.74, 6) is -1.69. The van der Waals surface area contributed by atoms with E-state index in [0.29, 0.717) is 6.41 Å². The van der Waals surface area contributed by atoms with E-state index < -0.39 is 21.3 Å². The lowest BCUT2D eigenvalue weighted by atomic mass is 10.00. The second-order valence-corrected chi connectivity index (χ2v) is 5.21. The number of sulfone groups is 1. The zero-order valence-electron chi connectivity index (χ0n) is 6.69. The van der Waals surface area contributed by atoms with Crippen molar-refractivity contribution in [1.29, 1.82) is 0 Å². The van der Waals surface area contributed by atoms with Crippen molar-refractivity contribution in [2.45, 2.75) is 12.0 Å². The summed E-state index contributed by atoms with van der Waals surface area (Å²) in [6.07, 6.45) is -0.0252. The number of carbonyl (C=O) groups excluding carboxylic acids is 1. The van der Waals surface area contributed by atoms with Crippen molar-refractivity contribution in [2.75, 3.05) is 11.5 Å². The molecule has 7 heteroatoms. The van der Waals surface area contributed by atoms with Gasteiger partial charge in [0.25, 0.3) is 0 Å². The molecule has 2 N–H and O–H groups in total. The molecule has 1 rings (SSSR count). The van der Waals surface area contributed by atoms with Crippen LogP contribution in [0.15, 0.2) is 0 Å². The van der Waals surface area contributed by atoms with Gasteiger partial charge in [0.1, 0.15) is 0 Å². The summed E-state index contributed by atoms with van der Waals surface area (Å²) >= 11 is 0. The minimum absolute atomic E-state index is 0.287. The standard InChI is InChI=1S/C6H9NO5S/c8-4-7-6(1-5(9)10)2-13(11,12)3-6/h4H,1-3H2,(H,7,8)(H,9,10). The van der Waals surface area contributed by atoms with Crippen LogP contribution in [-0.2, 0) is 19.4 Å². The quantitative estimate of drug-likeness (QED) is 0.539. The summed E-state index contributed by atoms with van der Waals surface area (Å²) in [4.78, 5) is 20.4. The van der Waals surface area contributed by atoms with E-state index in [2.05, 4.69) is 5.32 Å². The number of aliphatic carboxylic acids is 1. The van der Waals surface area contributed by atoms with Crippen LogP contribution in [0.2, 0.25) is 0 Å². The fraction of sp³-hybridized carbons (Fsp3) is 0.667. The highest BCUT2D eigenvalue weighted by molar-refractivity contribution is 7.93. The van der Waals surface area contributed by atoms with Crippen LogP contribution in [0.3, 0.4) is 0 Å². The number of carboxylic acids is 1. The molecule has 0 spiro atoms. The van der Waals surface area contributed by atoms with Crippen LogP contribution in [0.25, 0.3) is 0 Å². The summed E-state index contributed by atoms with van der Waals surface area (Å²) < 4.78 is 21.6. The van der Waals surface area contributed by atoms with Crippen molar-refractivity contribution in [2.24, 2.45) is 0 Å². The second-order valence-electron chi connectivity index (χ2n) is 3.15. The van der Waals surface area contributed by atoms with E-state index in [1.807, 2.05) is 0 Å². The Bertz CT molecular complexity index is 321. The van der Waals surface area contributed by atoms with E-state index in [-0.39, 0.29) is 17.9 Å². The third-order valence-corrected chi connectivity index (χ3v) is 3.83. The molecule has 0 unspecified atom stereocenters. The number of nitrogens with one attached hydrogen (secondary N) is 1. The molecular weight excluding hydrogens is 198 g/mol. The third-order valence-electron chi connectivity index (χ3n) is 1.85. The highest BCUT2D eigenvalue weighted by Gasteiger charge is 2.49. The van der Waals surface area contributed by atoms with Crippen molar-refractivity contribution in [3.05, 3.63) is 0 Å². The van der Waals surface area contributed by atoms with E-state index in [1.165, 1.54) is 0 Å². The van der Waals surface area contributed by atoms with E-state index in [4.69, 9.17) is 5.11 Å². The lowest BCUT2D eigenvalue weighted by molar-refractivity contribution is -0.138. The van der Waals surface area contributed by atoms with Gasteiger partial charge in [0.15, 0.2) is 9.84 Å². The zero-order valence-corrected chi connectivity index (χ0v) is 7.50. The molecule has 0 saturated carbocycles. The van der Waals surface area contributed by atoms with Gasteiger partial charge in [0.05, 0.1) is 23.5 Å². The molecule has 1 fully saturated rings. The van der Waals surface area contributed by atoms with E-state index in [0.717, 1.165) is 0 Å². The van der Waals surface area contributed by atoms with Gasteiger partial charge < -0.3 is 10.4 Å². The van der Waals surface area contributed by atoms with E-state index in [9.17, 15) is 18.0 Å². The Balaban J connectivity index is 2.70. The lowest BCUT2D eigenvalue weighted by Crippen LogP contribution is -2.64. The first-order valence-corrected chi connectivity index (χ1v) is 5.35. The number of hydrogen-bond acceptors (Lipinski definition) is 4. The van der Waals surface area contributed by atoms with Crippen molar-refractivity contribution >= 4 is 22.2 Å². The molecule has 0 aromatic heterocycles. The number of hydrogen-bond donors (Lipinski definition) is 2. The Labute approximate surface area is 74.9 Å². The van der Waals surface area contributed by atoms with Gasteiger partial charge in [-0.1, -0.05) is 0 Å². The summed E-state index contributed by atoms with van der Waals surface area (Å²) in [7, 11) is -3.14. The Morgan fingerprint density at radius 1 is 1.54 bits per heavy atom. The molecule has 0 radical (unpaired) electrons. The van der Waals surface area contributed by atoms with Gasteiger partial charge in [-0.2, -0.15) is 0 Å². The van der Waals surface area contributed by atoms with Crippen molar-refractivity contribution in [3.8, 4) is 0 Å². The van der Waals surface area contributed by atoms with E-state index >= 15 is 0 Å². The third kappa shape index (κ3) is 2.18. The smallest absolute Gasteiger partial charge is 0.305 e. The summed E-state index contributed by atoms with van der Waals surface area (Å²) in [6.45, 7) is 0. The summed E-state index contributed by atoms with van der Waals surface area (Å²) in [5.41, 5.74) is -1.08. The predicted molar refractivity (Wildman–Crippen MR) is 42.8 cm³/mol. The molecule has 1 saturated heterocycles. The largest absolute Gasteiger partial charge is 0.481 e. The fourth-order valence-electron chi connectivity index (χ4n) is 1.45. The predicted octanol–water partition coefficient (Wildman–Crippen LogP) is -1.63. The topological polar surface area (TPSA) is 101 Å². The van der Waals surface area contributed by atoms with Crippen LogP contribution >= 0.6 is 0 Å². The Morgan fingerprint density at radius 3 is 2.38 bits per heavy atom. The monoisotopic (exact) mass is 207 g/mol. The number of amides is 1. The summed E-state index contributed by atoms with van der Waals surface area (Å²) in [6, 6.07) is 0. The number of rotatable bonds is 4. The van der Waals surface area contributed by atoms with Crippen LogP contribution in [0.4, 0.5) is 0 Å². The van der Waals surface area contributed by atoms with Gasteiger partial charge in [-0.3, -0.25) is 9.59 Å². The maximum atomic E-state index is 10.8. The van der Waals surface area contributed by atoms with Gasteiger partial charge in [0.2, 0.25) is 6.41 Å². The molecule has 0 bridgehead atoms. The molecular formula is C6H9NO5S. The molecule has 6 nitrogen and oxygen atoms in total. The molecule has 0 aromatic carbocycles. The maximum absolute atomic E-state index is 10.8. The van der Waals surface area contributed by atoms with Gasteiger partial charge in [0, 0.05) is 0 Å². The van der Waals surface area contributed by atoms with Crippen molar-refractivity contribution in [1.82, 2.24) is 5.32 Å². The first kappa shape index (κ1) is 9.97. The normalized spacial score (nSPS) is 22.8. The lowest BCUT2D eigenvalue weighted by Gasteiger charge is -2.39. The average molecular weight is 207 g/mol. The molecule has 1 amide bonds. The first-order chi connectivity index (χ1) is 5.89. The Hall–Kier alpha value is -1.11. The molecule has 74 valence electrons. The maximum Gasteiger partial charge on any atom is 0.305 e. The Kier molecular flexibility index (Phi) is 2.29. The fourth-order valence-corrected chi connectivity index (χ4v) is 3.42. The van der Waals surface area contributed by atoms with Crippen LogP contribution in [-0.4, -0.2) is 42.9 Å². The van der Waals surface area contributed by atoms with E-state index in [1.54, 1.807) is 0 Å². The van der Waals surface area contributed by atoms with Crippen molar-refractivity contribution in [3.63, 3.8) is 0 Å². The minimum atomic E-state index is -3.14. The van der Waals surface area contributed by atoms with Crippen LogP contribution in [0.5, 0.6) is 0 Å². The van der Waals surface area contributed by atoms with Gasteiger partial charge >= 0.3 is 5.97 Å². The first-order valence-electron chi connectivity index (χ1n) is 3.53. The van der Waals surface area contributed by atoms with Crippen LogP contribution < -0.4 is 5.32 Å². The van der Waals surface area contributed by atoms with Crippen LogP contribution in [0, 0.1) is 0 Å². The molecule has 13 heavy (non-hydrogen) atoms. The highest BCUT2D eigenvalue weighted by atomic mass is 32.2. The molecule has 1 aliphatic rings. The number of carbonyl (C=O) groups is 2. The van der Waals surface area contributed by atoms with Crippen LogP contribution in [0.1, 0.15) is 6.42 Å². The van der Waals surface area contributed by atoms with Crippen molar-refractivity contribution < 1.29 is 23.1 Å². The van der Waals surface area contributed by atoms with Gasteiger partial charge in [-0.25, -0.2) is 8.42 Å². The second kappa shape index (κ2) is 2.99. The van der Waals surface area contributed by atoms with Gasteiger partial charge in [-0.05, 0) is 0 Å². The zero-order chi connectivity index (χ0) is 10.1. The average Bonchev–Trinajstić information content (AvgIpc) is 1.80. The molecule has 0 aliphatic carbocycles. The minimum Gasteiger partial charge on any atom is -0.481 e. The Morgan fingerprint density at radius 2 is 2.08 bits per heavy atom. The molecule has 1 aliphatic heterocycles. The molecule has 0 aromatic rings. The molecule has 0 atom stereocenters. The number of carboxylic acid groups (broad SMARTS) is 1. The highest BCUT2D eigenvalue weighted by Crippen LogP contribution is 2.26.